The Bertz CT molecular complexity index is 502. The van der Waals surface area contributed by atoms with Crippen LogP contribution in [0.25, 0.3) is 0 Å². The van der Waals surface area contributed by atoms with Crippen LogP contribution in [0.2, 0.25) is 0 Å². The summed E-state index contributed by atoms with van der Waals surface area (Å²) in [6.45, 7) is 0. The molecule has 7 heteroatoms. The van der Waals surface area contributed by atoms with E-state index in [4.69, 9.17) is 11.5 Å². The Morgan fingerprint density at radius 3 is 2.53 bits per heavy atom. The maximum atomic E-state index is 11.7. The van der Waals surface area contributed by atoms with E-state index in [9.17, 15) is 14.4 Å². The van der Waals surface area contributed by atoms with Crippen LogP contribution in [0.1, 0.15) is 16.8 Å². The van der Waals surface area contributed by atoms with Crippen molar-refractivity contribution in [2.24, 2.45) is 11.5 Å². The first-order valence-electron chi connectivity index (χ1n) is 5.47. The Hall–Kier alpha value is -2.41. The van der Waals surface area contributed by atoms with Crippen LogP contribution in [-0.4, -0.2) is 30.9 Å². The molecule has 1 rings (SSSR count). The number of primary amides is 1. The van der Waals surface area contributed by atoms with Gasteiger partial charge in [-0.25, -0.2) is 4.79 Å². The predicted octanol–water partition coefficient (Wildman–Crippen LogP) is -0.386. The smallest absolute Gasteiger partial charge is 0.339 e. The molecule has 1 atom stereocenters. The van der Waals surface area contributed by atoms with E-state index >= 15 is 0 Å². The van der Waals surface area contributed by atoms with Gasteiger partial charge in [0.25, 0.3) is 0 Å². The third-order valence-corrected chi connectivity index (χ3v) is 2.35. The summed E-state index contributed by atoms with van der Waals surface area (Å²) in [5, 5.41) is 2.46. The molecule has 102 valence electrons. The zero-order valence-electron chi connectivity index (χ0n) is 10.4. The van der Waals surface area contributed by atoms with Gasteiger partial charge >= 0.3 is 5.97 Å². The van der Waals surface area contributed by atoms with Crippen LogP contribution in [0.3, 0.4) is 0 Å². The lowest BCUT2D eigenvalue weighted by molar-refractivity contribution is -0.123. The largest absolute Gasteiger partial charge is 0.465 e. The second-order valence-corrected chi connectivity index (χ2v) is 3.80. The quantitative estimate of drug-likeness (QED) is 0.625. The van der Waals surface area contributed by atoms with Crippen LogP contribution in [-0.2, 0) is 14.3 Å². The molecule has 0 spiro atoms. The van der Waals surface area contributed by atoms with Crippen LogP contribution < -0.4 is 16.8 Å². The summed E-state index contributed by atoms with van der Waals surface area (Å²) in [6.07, 6.45) is -0.272. The fourth-order valence-corrected chi connectivity index (χ4v) is 1.41. The third kappa shape index (κ3) is 4.07. The summed E-state index contributed by atoms with van der Waals surface area (Å²) in [6, 6.07) is 5.23. The third-order valence-electron chi connectivity index (χ3n) is 2.35. The minimum atomic E-state index is -1.07. The SMILES string of the molecule is COC(=O)c1ccccc1NC(=O)C(N)CC(N)=O. The Kier molecular flexibility index (Phi) is 5.01. The minimum absolute atomic E-state index is 0.199. The molecule has 19 heavy (non-hydrogen) atoms. The van der Waals surface area contributed by atoms with Gasteiger partial charge in [0.1, 0.15) is 0 Å². The second kappa shape index (κ2) is 6.50. The van der Waals surface area contributed by atoms with Gasteiger partial charge in [0.2, 0.25) is 11.8 Å². The highest BCUT2D eigenvalue weighted by Gasteiger charge is 2.19. The van der Waals surface area contributed by atoms with Crippen LogP contribution in [0, 0.1) is 0 Å². The summed E-state index contributed by atoms with van der Waals surface area (Å²) >= 11 is 0. The maximum absolute atomic E-state index is 11.7. The summed E-state index contributed by atoms with van der Waals surface area (Å²) in [5.41, 5.74) is 10.9. The molecule has 7 nitrogen and oxygen atoms in total. The molecule has 1 aromatic carbocycles. The van der Waals surface area contributed by atoms with Crippen molar-refractivity contribution < 1.29 is 19.1 Å². The Labute approximate surface area is 109 Å². The van der Waals surface area contributed by atoms with Crippen molar-refractivity contribution in [2.75, 3.05) is 12.4 Å². The van der Waals surface area contributed by atoms with Crippen LogP contribution >= 0.6 is 0 Å². The number of para-hydroxylation sites is 1. The first-order chi connectivity index (χ1) is 8.95. The molecule has 0 fully saturated rings. The molecule has 0 aliphatic heterocycles. The molecule has 0 aromatic heterocycles. The van der Waals surface area contributed by atoms with E-state index in [1.165, 1.54) is 19.2 Å². The molecule has 0 aliphatic rings. The van der Waals surface area contributed by atoms with Gasteiger partial charge in [0.15, 0.2) is 0 Å². The highest BCUT2D eigenvalue weighted by atomic mass is 16.5. The van der Waals surface area contributed by atoms with Gasteiger partial charge < -0.3 is 21.5 Å². The number of anilines is 1. The molecule has 5 N–H and O–H groups in total. The molecule has 0 radical (unpaired) electrons. The van der Waals surface area contributed by atoms with E-state index in [1.54, 1.807) is 12.1 Å². The van der Waals surface area contributed by atoms with Crippen molar-refractivity contribution in [1.29, 1.82) is 0 Å². The lowest BCUT2D eigenvalue weighted by Crippen LogP contribution is -2.39. The number of esters is 1. The number of hydrogen-bond acceptors (Lipinski definition) is 5. The van der Waals surface area contributed by atoms with Crippen molar-refractivity contribution in [2.45, 2.75) is 12.5 Å². The van der Waals surface area contributed by atoms with Crippen molar-refractivity contribution in [3.63, 3.8) is 0 Å². The van der Waals surface area contributed by atoms with E-state index in [0.29, 0.717) is 0 Å². The molecule has 0 aliphatic carbocycles. The number of carbonyl (C=O) groups is 3. The first kappa shape index (κ1) is 14.7. The number of nitrogens with two attached hydrogens (primary N) is 2. The van der Waals surface area contributed by atoms with E-state index in [-0.39, 0.29) is 17.7 Å². The fraction of sp³-hybridized carbons (Fsp3) is 0.250. The average Bonchev–Trinajstić information content (AvgIpc) is 2.37. The van der Waals surface area contributed by atoms with Crippen LogP contribution in [0.4, 0.5) is 5.69 Å². The molecular weight excluding hydrogens is 250 g/mol. The first-order valence-corrected chi connectivity index (χ1v) is 5.47. The molecule has 2 amide bonds. The van der Waals surface area contributed by atoms with Crippen LogP contribution in [0.15, 0.2) is 24.3 Å². The monoisotopic (exact) mass is 265 g/mol. The summed E-state index contributed by atoms with van der Waals surface area (Å²) in [4.78, 5) is 33.9. The number of ether oxygens (including phenoxy) is 1. The fourth-order valence-electron chi connectivity index (χ4n) is 1.41. The van der Waals surface area contributed by atoms with Crippen LogP contribution in [0.5, 0.6) is 0 Å². The minimum Gasteiger partial charge on any atom is -0.465 e. The summed E-state index contributed by atoms with van der Waals surface area (Å²) in [7, 11) is 1.24. The van der Waals surface area contributed by atoms with Gasteiger partial charge in [-0.15, -0.1) is 0 Å². The molecule has 0 saturated carbocycles. The van der Waals surface area contributed by atoms with Gasteiger partial charge in [-0.05, 0) is 12.1 Å². The van der Waals surface area contributed by atoms with Crippen molar-refractivity contribution in [3.05, 3.63) is 29.8 Å². The van der Waals surface area contributed by atoms with E-state index < -0.39 is 23.8 Å². The Morgan fingerprint density at radius 1 is 1.32 bits per heavy atom. The lowest BCUT2D eigenvalue weighted by atomic mass is 10.1. The second-order valence-electron chi connectivity index (χ2n) is 3.80. The Morgan fingerprint density at radius 2 is 1.95 bits per heavy atom. The van der Waals surface area contributed by atoms with Crippen molar-refractivity contribution in [1.82, 2.24) is 0 Å². The molecule has 0 saturated heterocycles. The number of benzene rings is 1. The van der Waals surface area contributed by atoms with Crippen molar-refractivity contribution in [3.8, 4) is 0 Å². The lowest BCUT2D eigenvalue weighted by Gasteiger charge is -2.12. The standard InChI is InChI=1S/C12H15N3O4/c1-19-12(18)7-4-2-3-5-9(7)15-11(17)8(13)6-10(14)16/h2-5,8H,6,13H2,1H3,(H2,14,16)(H,15,17). The van der Waals surface area contributed by atoms with E-state index in [0.717, 1.165) is 0 Å². The molecule has 0 bridgehead atoms. The summed E-state index contributed by atoms with van der Waals surface area (Å²) in [5.74, 6) is -1.86. The Balaban J connectivity index is 2.85. The number of hydrogen-bond donors (Lipinski definition) is 3. The zero-order chi connectivity index (χ0) is 14.4. The number of amides is 2. The van der Waals surface area contributed by atoms with Crippen molar-refractivity contribution >= 4 is 23.5 Å². The highest BCUT2D eigenvalue weighted by molar-refractivity contribution is 6.03. The molecule has 1 aromatic rings. The molecule has 1 unspecified atom stereocenters. The zero-order valence-corrected chi connectivity index (χ0v) is 10.4. The number of nitrogens with one attached hydrogen (secondary N) is 1. The molecular formula is C12H15N3O4. The van der Waals surface area contributed by atoms with E-state index in [2.05, 4.69) is 10.1 Å². The average molecular weight is 265 g/mol. The van der Waals surface area contributed by atoms with Gasteiger partial charge in [-0.3, -0.25) is 9.59 Å². The summed E-state index contributed by atoms with van der Waals surface area (Å²) < 4.78 is 4.59. The molecule has 0 heterocycles. The van der Waals surface area contributed by atoms with Gasteiger partial charge in [0.05, 0.1) is 30.8 Å². The number of rotatable bonds is 5. The number of carbonyl (C=O) groups excluding carboxylic acids is 3. The van der Waals surface area contributed by atoms with Gasteiger partial charge in [-0.1, -0.05) is 12.1 Å². The topological polar surface area (TPSA) is 125 Å². The van der Waals surface area contributed by atoms with Gasteiger partial charge in [-0.2, -0.15) is 0 Å². The predicted molar refractivity (Wildman–Crippen MR) is 68.2 cm³/mol. The normalized spacial score (nSPS) is 11.5. The number of methoxy groups -OCH3 is 1. The maximum Gasteiger partial charge on any atom is 0.339 e. The van der Waals surface area contributed by atoms with E-state index in [1.807, 2.05) is 0 Å². The van der Waals surface area contributed by atoms with Gasteiger partial charge in [0, 0.05) is 0 Å². The highest BCUT2D eigenvalue weighted by Crippen LogP contribution is 2.16.